The zero-order chi connectivity index (χ0) is 13.2. The third-order valence-electron chi connectivity index (χ3n) is 3.32. The molecule has 4 nitrogen and oxygen atoms in total. The molecule has 0 N–H and O–H groups in total. The van der Waals surface area contributed by atoms with Crippen molar-refractivity contribution in [1.82, 2.24) is 10.1 Å². The van der Waals surface area contributed by atoms with Gasteiger partial charge >= 0.3 is 0 Å². The van der Waals surface area contributed by atoms with E-state index in [1.807, 2.05) is 25.1 Å². The van der Waals surface area contributed by atoms with E-state index in [9.17, 15) is 0 Å². The summed E-state index contributed by atoms with van der Waals surface area (Å²) >= 11 is 6.11. The zero-order valence-corrected chi connectivity index (χ0v) is 11.4. The van der Waals surface area contributed by atoms with E-state index in [0.717, 1.165) is 18.6 Å². The van der Waals surface area contributed by atoms with Gasteiger partial charge in [0.2, 0.25) is 5.89 Å². The summed E-state index contributed by atoms with van der Waals surface area (Å²) in [6.07, 6.45) is 1.64. The summed E-state index contributed by atoms with van der Waals surface area (Å²) in [6.45, 7) is 2.56. The standard InChI is InChI=1S/C14H15ClN2O2/c1-2-11(15)13-16-14(19-17-13)10-7-9-5-3-4-6-12(9)18-8-10/h3-6,10-11H,2,7-8H2,1H3. The van der Waals surface area contributed by atoms with Crippen LogP contribution < -0.4 is 4.74 Å². The predicted molar refractivity (Wildman–Crippen MR) is 71.6 cm³/mol. The van der Waals surface area contributed by atoms with E-state index < -0.39 is 0 Å². The minimum absolute atomic E-state index is 0.108. The Bertz CT molecular complexity index is 570. The van der Waals surface area contributed by atoms with Crippen molar-refractivity contribution in [3.05, 3.63) is 41.5 Å². The van der Waals surface area contributed by atoms with Gasteiger partial charge in [0, 0.05) is 0 Å². The molecule has 100 valence electrons. The van der Waals surface area contributed by atoms with Gasteiger partial charge in [-0.25, -0.2) is 0 Å². The minimum Gasteiger partial charge on any atom is -0.492 e. The Labute approximate surface area is 116 Å². The second-order valence-electron chi connectivity index (χ2n) is 4.69. The van der Waals surface area contributed by atoms with Gasteiger partial charge in [0.15, 0.2) is 5.82 Å². The quantitative estimate of drug-likeness (QED) is 0.807. The first-order valence-electron chi connectivity index (χ1n) is 6.46. The Hall–Kier alpha value is -1.55. The van der Waals surface area contributed by atoms with Gasteiger partial charge < -0.3 is 9.26 Å². The van der Waals surface area contributed by atoms with Gasteiger partial charge in [-0.2, -0.15) is 4.98 Å². The number of hydrogen-bond acceptors (Lipinski definition) is 4. The largest absolute Gasteiger partial charge is 0.492 e. The molecule has 1 aromatic carbocycles. The molecule has 0 spiro atoms. The van der Waals surface area contributed by atoms with Crippen LogP contribution in [0.15, 0.2) is 28.8 Å². The van der Waals surface area contributed by atoms with E-state index in [2.05, 4.69) is 16.2 Å². The molecule has 5 heteroatoms. The highest BCUT2D eigenvalue weighted by atomic mass is 35.5. The number of fused-ring (bicyclic) bond motifs is 1. The molecule has 2 aromatic rings. The fourth-order valence-corrected chi connectivity index (χ4v) is 2.30. The number of benzene rings is 1. The van der Waals surface area contributed by atoms with Crippen molar-refractivity contribution in [2.24, 2.45) is 0 Å². The van der Waals surface area contributed by atoms with Crippen molar-refractivity contribution in [3.8, 4) is 5.75 Å². The number of ether oxygens (including phenoxy) is 1. The summed E-state index contributed by atoms with van der Waals surface area (Å²) in [4.78, 5) is 4.39. The fourth-order valence-electron chi connectivity index (χ4n) is 2.21. The van der Waals surface area contributed by atoms with Gasteiger partial charge in [-0.05, 0) is 24.5 Å². The third kappa shape index (κ3) is 2.45. The molecule has 0 amide bonds. The molecule has 1 aliphatic rings. The highest BCUT2D eigenvalue weighted by Crippen LogP contribution is 2.32. The highest BCUT2D eigenvalue weighted by molar-refractivity contribution is 6.20. The summed E-state index contributed by atoms with van der Waals surface area (Å²) in [5.41, 5.74) is 1.18. The average Bonchev–Trinajstić information content (AvgIpc) is 2.95. The molecule has 3 rings (SSSR count). The molecule has 1 aromatic heterocycles. The molecule has 2 atom stereocenters. The van der Waals surface area contributed by atoms with E-state index in [1.54, 1.807) is 0 Å². The normalized spacial score (nSPS) is 19.6. The molecule has 0 saturated carbocycles. The fraction of sp³-hybridized carbons (Fsp3) is 0.429. The van der Waals surface area contributed by atoms with Gasteiger partial charge in [0.25, 0.3) is 0 Å². The molecule has 0 aliphatic carbocycles. The van der Waals surface area contributed by atoms with Crippen LogP contribution >= 0.6 is 11.6 Å². The lowest BCUT2D eigenvalue weighted by Crippen LogP contribution is -2.19. The summed E-state index contributed by atoms with van der Waals surface area (Å²) in [5.74, 6) is 2.24. The lowest BCUT2D eigenvalue weighted by molar-refractivity contribution is 0.230. The van der Waals surface area contributed by atoms with E-state index in [0.29, 0.717) is 18.3 Å². The number of halogens is 1. The molecule has 19 heavy (non-hydrogen) atoms. The van der Waals surface area contributed by atoms with Crippen molar-refractivity contribution < 1.29 is 9.26 Å². The van der Waals surface area contributed by atoms with E-state index in [1.165, 1.54) is 5.56 Å². The van der Waals surface area contributed by atoms with E-state index >= 15 is 0 Å². The van der Waals surface area contributed by atoms with Crippen molar-refractivity contribution >= 4 is 11.6 Å². The van der Waals surface area contributed by atoms with Crippen LogP contribution in [0.1, 0.15) is 41.9 Å². The van der Waals surface area contributed by atoms with Crippen LogP contribution in [0.3, 0.4) is 0 Å². The Morgan fingerprint density at radius 3 is 3.11 bits per heavy atom. The number of alkyl halides is 1. The summed E-state index contributed by atoms with van der Waals surface area (Å²) in [6, 6.07) is 8.03. The first-order chi connectivity index (χ1) is 9.28. The van der Waals surface area contributed by atoms with Crippen LogP contribution in [0.5, 0.6) is 5.75 Å². The lowest BCUT2D eigenvalue weighted by Gasteiger charge is -2.22. The molecule has 1 aliphatic heterocycles. The van der Waals surface area contributed by atoms with Crippen LogP contribution in [0.25, 0.3) is 0 Å². The number of aromatic nitrogens is 2. The summed E-state index contributed by atoms with van der Waals surface area (Å²) in [5, 5.41) is 3.76. The maximum absolute atomic E-state index is 6.11. The van der Waals surface area contributed by atoms with Gasteiger partial charge in [-0.1, -0.05) is 30.3 Å². The first-order valence-corrected chi connectivity index (χ1v) is 6.90. The molecule has 0 fully saturated rings. The number of nitrogens with zero attached hydrogens (tertiary/aromatic N) is 2. The van der Waals surface area contributed by atoms with E-state index in [4.69, 9.17) is 20.9 Å². The smallest absolute Gasteiger partial charge is 0.233 e. The van der Waals surface area contributed by atoms with Crippen molar-refractivity contribution in [2.75, 3.05) is 6.61 Å². The molecule has 2 heterocycles. The Balaban J connectivity index is 1.79. The summed E-state index contributed by atoms with van der Waals surface area (Å²) < 4.78 is 11.0. The van der Waals surface area contributed by atoms with Crippen LogP contribution in [-0.2, 0) is 6.42 Å². The monoisotopic (exact) mass is 278 g/mol. The molecular formula is C14H15ClN2O2. The lowest BCUT2D eigenvalue weighted by atomic mass is 9.97. The molecule has 2 unspecified atom stereocenters. The van der Waals surface area contributed by atoms with Gasteiger partial charge in [0.1, 0.15) is 12.4 Å². The van der Waals surface area contributed by atoms with Crippen LogP contribution in [0, 0.1) is 0 Å². The second-order valence-corrected chi connectivity index (χ2v) is 5.21. The number of para-hydroxylation sites is 1. The Morgan fingerprint density at radius 1 is 1.42 bits per heavy atom. The molecule has 0 radical (unpaired) electrons. The van der Waals surface area contributed by atoms with Crippen molar-refractivity contribution in [3.63, 3.8) is 0 Å². The molecule has 0 bridgehead atoms. The number of hydrogen-bond donors (Lipinski definition) is 0. The van der Waals surface area contributed by atoms with Crippen LogP contribution in [-0.4, -0.2) is 16.7 Å². The highest BCUT2D eigenvalue weighted by Gasteiger charge is 2.26. The van der Waals surface area contributed by atoms with Crippen LogP contribution in [0.4, 0.5) is 0 Å². The van der Waals surface area contributed by atoms with Crippen LogP contribution in [0.2, 0.25) is 0 Å². The second kappa shape index (κ2) is 5.21. The first kappa shape index (κ1) is 12.5. The Morgan fingerprint density at radius 2 is 2.26 bits per heavy atom. The van der Waals surface area contributed by atoms with E-state index in [-0.39, 0.29) is 11.3 Å². The van der Waals surface area contributed by atoms with Gasteiger partial charge in [0.05, 0.1) is 11.3 Å². The Kier molecular flexibility index (Phi) is 3.42. The molecular weight excluding hydrogens is 264 g/mol. The average molecular weight is 279 g/mol. The summed E-state index contributed by atoms with van der Waals surface area (Å²) in [7, 11) is 0. The molecule has 0 saturated heterocycles. The predicted octanol–water partition coefficient (Wildman–Crippen LogP) is 3.48. The third-order valence-corrected chi connectivity index (χ3v) is 3.83. The SMILES string of the molecule is CCC(Cl)c1noc(C2COc3ccccc3C2)n1. The number of rotatable bonds is 3. The van der Waals surface area contributed by atoms with Crippen molar-refractivity contribution in [2.45, 2.75) is 31.1 Å². The zero-order valence-electron chi connectivity index (χ0n) is 10.7. The maximum Gasteiger partial charge on any atom is 0.233 e. The van der Waals surface area contributed by atoms with Gasteiger partial charge in [-0.15, -0.1) is 11.6 Å². The minimum atomic E-state index is -0.186. The van der Waals surface area contributed by atoms with Crippen molar-refractivity contribution in [1.29, 1.82) is 0 Å². The topological polar surface area (TPSA) is 48.2 Å². The van der Waals surface area contributed by atoms with Gasteiger partial charge in [-0.3, -0.25) is 0 Å². The maximum atomic E-state index is 6.11.